The van der Waals surface area contributed by atoms with Crippen molar-refractivity contribution >= 4 is 15.7 Å². The summed E-state index contributed by atoms with van der Waals surface area (Å²) in [6, 6.07) is 0. The first-order valence-electron chi connectivity index (χ1n) is 7.37. The molecule has 5 heteroatoms. The van der Waals surface area contributed by atoms with Crippen molar-refractivity contribution in [1.82, 2.24) is 5.32 Å². The minimum absolute atomic E-state index is 0.0529. The highest BCUT2D eigenvalue weighted by atomic mass is 32.2. The Labute approximate surface area is 115 Å². The number of carbonyl (C=O) groups is 1. The smallest absolute Gasteiger partial charge is 0.220 e. The summed E-state index contributed by atoms with van der Waals surface area (Å²) in [5.41, 5.74) is -0.534. The first-order valence-corrected chi connectivity index (χ1v) is 9.19. The highest BCUT2D eigenvalue weighted by Gasteiger charge is 2.42. The number of fused-ring (bicyclic) bond motifs is 2. The minimum atomic E-state index is -2.95. The number of hydrogen-bond donors (Lipinski definition) is 1. The van der Waals surface area contributed by atoms with Gasteiger partial charge in [0.05, 0.1) is 17.0 Å². The zero-order chi connectivity index (χ0) is 13.7. The van der Waals surface area contributed by atoms with E-state index in [1.165, 1.54) is 25.7 Å². The van der Waals surface area contributed by atoms with Crippen molar-refractivity contribution in [1.29, 1.82) is 0 Å². The fourth-order valence-electron chi connectivity index (χ4n) is 4.36. The van der Waals surface area contributed by atoms with E-state index in [9.17, 15) is 13.2 Å². The van der Waals surface area contributed by atoms with E-state index < -0.39 is 15.4 Å². The van der Waals surface area contributed by atoms with Crippen molar-refractivity contribution in [2.75, 3.05) is 11.5 Å². The number of carbonyl (C=O) groups excluding carboxylic acids is 1. The molecule has 2 saturated carbocycles. The maximum Gasteiger partial charge on any atom is 0.220 e. The van der Waals surface area contributed by atoms with Crippen LogP contribution in [-0.4, -0.2) is 31.4 Å². The molecule has 2 aliphatic carbocycles. The van der Waals surface area contributed by atoms with Gasteiger partial charge in [0.25, 0.3) is 0 Å². The molecule has 108 valence electrons. The van der Waals surface area contributed by atoms with Gasteiger partial charge in [0.2, 0.25) is 5.91 Å². The van der Waals surface area contributed by atoms with E-state index in [-0.39, 0.29) is 17.4 Å². The highest BCUT2D eigenvalue weighted by molar-refractivity contribution is 7.91. The van der Waals surface area contributed by atoms with Crippen LogP contribution in [0.15, 0.2) is 0 Å². The Hall–Kier alpha value is -0.580. The van der Waals surface area contributed by atoms with E-state index in [1.54, 1.807) is 0 Å². The van der Waals surface area contributed by atoms with Crippen LogP contribution < -0.4 is 5.32 Å². The summed E-state index contributed by atoms with van der Waals surface area (Å²) in [6.45, 7) is 1.86. The Bertz CT molecular complexity index is 487. The molecule has 0 radical (unpaired) electrons. The molecule has 4 nitrogen and oxygen atoms in total. The zero-order valence-electron chi connectivity index (χ0n) is 11.5. The van der Waals surface area contributed by atoms with Gasteiger partial charge >= 0.3 is 0 Å². The summed E-state index contributed by atoms with van der Waals surface area (Å²) in [6.07, 6.45) is 6.29. The van der Waals surface area contributed by atoms with Crippen LogP contribution >= 0.6 is 0 Å². The molecular formula is C14H23NO3S. The second kappa shape index (κ2) is 4.47. The van der Waals surface area contributed by atoms with E-state index in [2.05, 4.69) is 5.32 Å². The lowest BCUT2D eigenvalue weighted by Gasteiger charge is -2.27. The lowest BCUT2D eigenvalue weighted by atomic mass is 9.86. The Morgan fingerprint density at radius 1 is 1.32 bits per heavy atom. The molecule has 2 bridgehead atoms. The molecule has 0 spiro atoms. The van der Waals surface area contributed by atoms with Gasteiger partial charge in [-0.15, -0.1) is 0 Å². The van der Waals surface area contributed by atoms with Crippen molar-refractivity contribution in [3.63, 3.8) is 0 Å². The maximum absolute atomic E-state index is 12.1. The summed E-state index contributed by atoms with van der Waals surface area (Å²) < 4.78 is 23.1. The molecule has 3 fully saturated rings. The maximum atomic E-state index is 12.1. The van der Waals surface area contributed by atoms with Gasteiger partial charge < -0.3 is 5.32 Å². The molecule has 1 aliphatic heterocycles. The van der Waals surface area contributed by atoms with Gasteiger partial charge in [-0.2, -0.15) is 0 Å². The van der Waals surface area contributed by atoms with Crippen molar-refractivity contribution in [3.8, 4) is 0 Å². The van der Waals surface area contributed by atoms with Crippen LogP contribution in [0, 0.1) is 17.8 Å². The van der Waals surface area contributed by atoms with Gasteiger partial charge in [0.15, 0.2) is 9.84 Å². The predicted octanol–water partition coefficient (Wildman–Crippen LogP) is 1.51. The highest BCUT2D eigenvalue weighted by Crippen LogP contribution is 2.49. The Balaban J connectivity index is 1.54. The van der Waals surface area contributed by atoms with Gasteiger partial charge in [-0.25, -0.2) is 8.42 Å². The molecule has 3 rings (SSSR count). The molecule has 0 aromatic carbocycles. The molecule has 19 heavy (non-hydrogen) atoms. The van der Waals surface area contributed by atoms with Crippen LogP contribution in [0.4, 0.5) is 0 Å². The number of amides is 1. The molecule has 3 aliphatic rings. The molecule has 1 heterocycles. The normalized spacial score (nSPS) is 43.5. The van der Waals surface area contributed by atoms with Crippen LogP contribution in [0.5, 0.6) is 0 Å². The van der Waals surface area contributed by atoms with E-state index in [4.69, 9.17) is 0 Å². The van der Waals surface area contributed by atoms with Gasteiger partial charge in [-0.05, 0) is 50.4 Å². The summed E-state index contributed by atoms with van der Waals surface area (Å²) >= 11 is 0. The third kappa shape index (κ3) is 2.81. The topological polar surface area (TPSA) is 63.2 Å². The fraction of sp³-hybridized carbons (Fsp3) is 0.929. The van der Waals surface area contributed by atoms with Gasteiger partial charge in [0, 0.05) is 6.42 Å². The van der Waals surface area contributed by atoms with Crippen LogP contribution in [0.3, 0.4) is 0 Å². The Morgan fingerprint density at radius 3 is 2.63 bits per heavy atom. The average Bonchev–Trinajstić information content (AvgIpc) is 2.92. The molecule has 0 unspecified atom stereocenters. The van der Waals surface area contributed by atoms with Gasteiger partial charge in [0.1, 0.15) is 0 Å². The molecular weight excluding hydrogens is 262 g/mol. The summed E-state index contributed by atoms with van der Waals surface area (Å²) in [7, 11) is -2.95. The lowest BCUT2D eigenvalue weighted by molar-refractivity contribution is -0.123. The molecule has 1 N–H and O–H groups in total. The number of rotatable bonds is 3. The molecule has 4 atom stereocenters. The zero-order valence-corrected chi connectivity index (χ0v) is 12.3. The van der Waals surface area contributed by atoms with Gasteiger partial charge in [-0.3, -0.25) is 4.79 Å². The van der Waals surface area contributed by atoms with Crippen LogP contribution in [-0.2, 0) is 14.6 Å². The van der Waals surface area contributed by atoms with Crippen molar-refractivity contribution in [2.45, 2.75) is 51.0 Å². The standard InChI is InChI=1S/C14H23NO3S/c1-14(4-5-19(17,18)9-14)15-13(16)8-12-7-10-2-3-11(12)6-10/h10-12H,2-9H2,1H3,(H,15,16)/t10-,11-,12+,14+/m0/s1. The second-order valence-electron chi connectivity index (χ2n) is 7.09. The van der Waals surface area contributed by atoms with E-state index in [0.717, 1.165) is 11.8 Å². The molecule has 0 aromatic rings. The van der Waals surface area contributed by atoms with Crippen LogP contribution in [0.1, 0.15) is 45.4 Å². The van der Waals surface area contributed by atoms with E-state index in [1.807, 2.05) is 6.92 Å². The Kier molecular flexibility index (Phi) is 3.15. The largest absolute Gasteiger partial charge is 0.350 e. The van der Waals surface area contributed by atoms with E-state index in [0.29, 0.717) is 18.8 Å². The number of hydrogen-bond acceptors (Lipinski definition) is 3. The number of sulfone groups is 1. The monoisotopic (exact) mass is 285 g/mol. The quantitative estimate of drug-likeness (QED) is 0.855. The van der Waals surface area contributed by atoms with Crippen LogP contribution in [0.25, 0.3) is 0 Å². The summed E-state index contributed by atoms with van der Waals surface area (Å²) in [4.78, 5) is 12.1. The third-order valence-corrected chi connectivity index (χ3v) is 7.18. The van der Waals surface area contributed by atoms with E-state index >= 15 is 0 Å². The average molecular weight is 285 g/mol. The molecule has 1 saturated heterocycles. The lowest BCUT2D eigenvalue weighted by Crippen LogP contribution is -2.47. The fourth-order valence-corrected chi connectivity index (χ4v) is 6.45. The predicted molar refractivity (Wildman–Crippen MR) is 73.4 cm³/mol. The van der Waals surface area contributed by atoms with Crippen molar-refractivity contribution in [3.05, 3.63) is 0 Å². The Morgan fingerprint density at radius 2 is 2.11 bits per heavy atom. The van der Waals surface area contributed by atoms with Gasteiger partial charge in [-0.1, -0.05) is 6.42 Å². The third-order valence-electron chi connectivity index (χ3n) is 5.28. The molecule has 0 aromatic heterocycles. The van der Waals surface area contributed by atoms with Crippen LogP contribution in [0.2, 0.25) is 0 Å². The second-order valence-corrected chi connectivity index (χ2v) is 9.27. The molecule has 1 amide bonds. The SMILES string of the molecule is C[C@@]1(NC(=O)C[C@H]2C[C@H]3CC[C@H]2C3)CCS(=O)(=O)C1. The number of nitrogens with one attached hydrogen (secondary N) is 1. The summed E-state index contributed by atoms with van der Waals surface area (Å²) in [5, 5.41) is 2.98. The summed E-state index contributed by atoms with van der Waals surface area (Å²) in [5.74, 6) is 2.50. The van der Waals surface area contributed by atoms with Crippen molar-refractivity contribution in [2.24, 2.45) is 17.8 Å². The first-order chi connectivity index (χ1) is 8.85. The minimum Gasteiger partial charge on any atom is -0.350 e. The van der Waals surface area contributed by atoms with Crippen molar-refractivity contribution < 1.29 is 13.2 Å². The first kappa shape index (κ1) is 13.4.